The summed E-state index contributed by atoms with van der Waals surface area (Å²) in [6, 6.07) is -0.712. The second-order valence-corrected chi connectivity index (χ2v) is 11.4. The predicted molar refractivity (Wildman–Crippen MR) is 104 cm³/mol. The van der Waals surface area contributed by atoms with Crippen LogP contribution in [0.15, 0.2) is 11.8 Å². The van der Waals surface area contributed by atoms with Crippen molar-refractivity contribution in [2.24, 2.45) is 5.92 Å². The Labute approximate surface area is 167 Å². The van der Waals surface area contributed by atoms with E-state index in [0.29, 0.717) is 44.7 Å². The minimum absolute atomic E-state index is 0.0200. The first-order chi connectivity index (χ1) is 13.2. The molecule has 3 rings (SSSR count). The Morgan fingerprint density at radius 3 is 2.46 bits per heavy atom. The van der Waals surface area contributed by atoms with Crippen molar-refractivity contribution in [3.8, 4) is 0 Å². The van der Waals surface area contributed by atoms with Gasteiger partial charge in [-0.05, 0) is 25.5 Å². The minimum atomic E-state index is -3.78. The molecule has 0 N–H and O–H groups in total. The van der Waals surface area contributed by atoms with E-state index in [2.05, 4.69) is 4.90 Å². The van der Waals surface area contributed by atoms with Crippen molar-refractivity contribution in [1.82, 2.24) is 13.5 Å². The molecule has 0 aliphatic carbocycles. The van der Waals surface area contributed by atoms with Crippen LogP contribution in [0.25, 0.3) is 0 Å². The third-order valence-electron chi connectivity index (χ3n) is 5.50. The van der Waals surface area contributed by atoms with Crippen LogP contribution in [0, 0.1) is 5.92 Å². The number of rotatable bonds is 8. The molecule has 0 spiro atoms. The molecule has 1 amide bonds. The van der Waals surface area contributed by atoms with E-state index in [0.717, 1.165) is 23.7 Å². The van der Waals surface area contributed by atoms with Gasteiger partial charge in [0.1, 0.15) is 0 Å². The van der Waals surface area contributed by atoms with Gasteiger partial charge in [-0.3, -0.25) is 9.69 Å². The topological polar surface area (TPSA) is 104 Å². The van der Waals surface area contributed by atoms with Gasteiger partial charge in [-0.1, -0.05) is 13.3 Å². The standard InChI is InChI=1S/C17H29N3O6S2/c1-3-5-14-16-15(20(17(14)21)27(2,22)23)6-8-19(16)28(24,25)13-4-7-18-9-11-26-12-10-18/h6,14,16H,3-5,7-13H2,1-2H3/t14-,16-/m1/s1. The van der Waals surface area contributed by atoms with E-state index in [-0.39, 0.29) is 12.3 Å². The van der Waals surface area contributed by atoms with Crippen LogP contribution in [0.5, 0.6) is 0 Å². The number of morpholine rings is 1. The summed E-state index contributed by atoms with van der Waals surface area (Å²) in [5.41, 5.74) is 0.294. The molecule has 0 aromatic rings. The average Bonchev–Trinajstić information content (AvgIpc) is 3.14. The van der Waals surface area contributed by atoms with Crippen LogP contribution < -0.4 is 0 Å². The number of hydrogen-bond donors (Lipinski definition) is 0. The molecule has 160 valence electrons. The van der Waals surface area contributed by atoms with E-state index in [1.54, 1.807) is 6.08 Å². The van der Waals surface area contributed by atoms with Crippen LogP contribution >= 0.6 is 0 Å². The summed E-state index contributed by atoms with van der Waals surface area (Å²) in [7, 11) is -7.39. The van der Waals surface area contributed by atoms with Crippen molar-refractivity contribution in [2.75, 3.05) is 51.4 Å². The predicted octanol–water partition coefficient (Wildman–Crippen LogP) is -0.175. The number of fused-ring (bicyclic) bond motifs is 1. The average molecular weight is 436 g/mol. The molecule has 0 saturated carbocycles. The first kappa shape index (κ1) is 21.7. The smallest absolute Gasteiger partial charge is 0.245 e. The highest BCUT2D eigenvalue weighted by molar-refractivity contribution is 7.89. The monoisotopic (exact) mass is 435 g/mol. The Morgan fingerprint density at radius 1 is 1.18 bits per heavy atom. The normalized spacial score (nSPS) is 27.3. The van der Waals surface area contributed by atoms with Crippen molar-refractivity contribution in [3.63, 3.8) is 0 Å². The van der Waals surface area contributed by atoms with E-state index in [1.165, 1.54) is 4.31 Å². The first-order valence-corrected chi connectivity index (χ1v) is 13.2. The summed E-state index contributed by atoms with van der Waals surface area (Å²) >= 11 is 0. The van der Waals surface area contributed by atoms with Crippen molar-refractivity contribution in [2.45, 2.75) is 32.2 Å². The van der Waals surface area contributed by atoms with Gasteiger partial charge in [0.15, 0.2) is 0 Å². The molecular formula is C17H29N3O6S2. The third kappa shape index (κ3) is 4.28. The van der Waals surface area contributed by atoms with Crippen molar-refractivity contribution < 1.29 is 26.4 Å². The zero-order valence-corrected chi connectivity index (χ0v) is 18.0. The van der Waals surface area contributed by atoms with Crippen LogP contribution in [0.1, 0.15) is 26.2 Å². The van der Waals surface area contributed by atoms with Crippen LogP contribution in [-0.4, -0.2) is 93.7 Å². The molecule has 11 heteroatoms. The molecule has 0 aromatic heterocycles. The summed E-state index contributed by atoms with van der Waals surface area (Å²) in [6.45, 7) is 5.61. The highest BCUT2D eigenvalue weighted by atomic mass is 32.2. The lowest BCUT2D eigenvalue weighted by Crippen LogP contribution is -2.43. The van der Waals surface area contributed by atoms with Crippen LogP contribution in [0.2, 0.25) is 0 Å². The number of sulfonamides is 2. The third-order valence-corrected chi connectivity index (χ3v) is 8.45. The van der Waals surface area contributed by atoms with Gasteiger partial charge < -0.3 is 4.74 Å². The number of ether oxygens (including phenoxy) is 1. The van der Waals surface area contributed by atoms with Gasteiger partial charge >= 0.3 is 0 Å². The second-order valence-electron chi connectivity index (χ2n) is 7.53. The van der Waals surface area contributed by atoms with E-state index in [1.807, 2.05) is 6.92 Å². The highest BCUT2D eigenvalue weighted by Crippen LogP contribution is 2.41. The molecule has 28 heavy (non-hydrogen) atoms. The largest absolute Gasteiger partial charge is 0.379 e. The van der Waals surface area contributed by atoms with Gasteiger partial charge in [0.05, 0.1) is 42.9 Å². The Hall–Kier alpha value is -1.01. The number of carbonyl (C=O) groups excluding carboxylic acids is 1. The summed E-state index contributed by atoms with van der Waals surface area (Å²) < 4.78 is 57.7. The maximum Gasteiger partial charge on any atom is 0.245 e. The fraction of sp³-hybridized carbons (Fsp3) is 0.824. The molecule has 3 heterocycles. The number of nitrogens with zero attached hydrogens (tertiary/aromatic N) is 3. The SMILES string of the molecule is CCC[C@H]1C(=O)N(S(C)(=O)=O)C2=CCN(S(=O)(=O)CCCN3CCOCC3)[C@@H]21. The Kier molecular flexibility index (Phi) is 6.50. The van der Waals surface area contributed by atoms with E-state index in [9.17, 15) is 21.6 Å². The van der Waals surface area contributed by atoms with Gasteiger partial charge in [-0.2, -0.15) is 4.31 Å². The lowest BCUT2D eigenvalue weighted by molar-refractivity contribution is -0.127. The summed E-state index contributed by atoms with van der Waals surface area (Å²) in [5, 5.41) is 0. The summed E-state index contributed by atoms with van der Waals surface area (Å²) in [5.74, 6) is -1.19. The molecule has 3 aliphatic heterocycles. The fourth-order valence-electron chi connectivity index (χ4n) is 4.23. The van der Waals surface area contributed by atoms with Crippen LogP contribution in [-0.2, 0) is 29.6 Å². The number of amides is 1. The summed E-state index contributed by atoms with van der Waals surface area (Å²) in [6.07, 6.45) is 4.16. The molecular weight excluding hydrogens is 406 g/mol. The van der Waals surface area contributed by atoms with Crippen LogP contribution in [0.4, 0.5) is 0 Å². The van der Waals surface area contributed by atoms with E-state index in [4.69, 9.17) is 4.74 Å². The van der Waals surface area contributed by atoms with E-state index >= 15 is 0 Å². The van der Waals surface area contributed by atoms with Gasteiger partial charge in [0.2, 0.25) is 26.0 Å². The molecule has 3 aliphatic rings. The zero-order chi connectivity index (χ0) is 20.5. The minimum Gasteiger partial charge on any atom is -0.379 e. The van der Waals surface area contributed by atoms with Crippen LogP contribution in [0.3, 0.4) is 0 Å². The number of carbonyl (C=O) groups is 1. The molecule has 0 unspecified atom stereocenters. The highest BCUT2D eigenvalue weighted by Gasteiger charge is 2.54. The van der Waals surface area contributed by atoms with Gasteiger partial charge in [-0.15, -0.1) is 0 Å². The Bertz CT molecular complexity index is 833. The molecule has 0 bridgehead atoms. The summed E-state index contributed by atoms with van der Waals surface area (Å²) in [4.78, 5) is 14.9. The molecule has 2 atom stereocenters. The molecule has 0 aromatic carbocycles. The lowest BCUT2D eigenvalue weighted by Gasteiger charge is -2.28. The molecule has 2 saturated heterocycles. The maximum atomic E-state index is 13.0. The van der Waals surface area contributed by atoms with Crippen molar-refractivity contribution in [3.05, 3.63) is 11.8 Å². The Balaban J connectivity index is 1.73. The Morgan fingerprint density at radius 2 is 1.86 bits per heavy atom. The molecule has 9 nitrogen and oxygen atoms in total. The van der Waals surface area contributed by atoms with Gasteiger partial charge in [-0.25, -0.2) is 21.1 Å². The molecule has 2 fully saturated rings. The van der Waals surface area contributed by atoms with E-state index < -0.39 is 37.9 Å². The van der Waals surface area contributed by atoms with Gasteiger partial charge in [0.25, 0.3) is 0 Å². The maximum absolute atomic E-state index is 13.0. The fourth-order valence-corrected chi connectivity index (χ4v) is 6.89. The quantitative estimate of drug-likeness (QED) is 0.521. The van der Waals surface area contributed by atoms with Crippen molar-refractivity contribution >= 4 is 26.0 Å². The number of hydrogen-bond acceptors (Lipinski definition) is 7. The van der Waals surface area contributed by atoms with Gasteiger partial charge in [0, 0.05) is 19.6 Å². The second kappa shape index (κ2) is 8.39. The lowest BCUT2D eigenvalue weighted by atomic mass is 9.97. The van der Waals surface area contributed by atoms with Crippen molar-refractivity contribution in [1.29, 1.82) is 0 Å². The molecule has 0 radical (unpaired) electrons. The first-order valence-electron chi connectivity index (χ1n) is 9.70. The zero-order valence-electron chi connectivity index (χ0n) is 16.4.